The number of benzene rings is 1. The van der Waals surface area contributed by atoms with Crippen molar-refractivity contribution in [2.45, 2.75) is 13.1 Å². The highest BCUT2D eigenvalue weighted by Crippen LogP contribution is 2.32. The summed E-state index contributed by atoms with van der Waals surface area (Å²) < 4.78 is 16.4. The Kier molecular flexibility index (Phi) is 4.68. The highest BCUT2D eigenvalue weighted by molar-refractivity contribution is 5.57. The number of pyridine rings is 1. The van der Waals surface area contributed by atoms with Crippen molar-refractivity contribution >= 4 is 0 Å². The van der Waals surface area contributed by atoms with Gasteiger partial charge < -0.3 is 14.0 Å². The minimum Gasteiger partial charge on any atom is -0.454 e. The molecule has 3 aromatic rings. The first-order valence-electron chi connectivity index (χ1n) is 9.53. The molecule has 0 spiro atoms. The summed E-state index contributed by atoms with van der Waals surface area (Å²) in [6.07, 6.45) is 3.56. The lowest BCUT2D eigenvalue weighted by molar-refractivity contribution is 0.113. The second-order valence-corrected chi connectivity index (χ2v) is 7.16. The van der Waals surface area contributed by atoms with Crippen LogP contribution < -0.4 is 9.47 Å². The highest BCUT2D eigenvalue weighted by Gasteiger charge is 2.20. The standard InChI is InChI=1S/C21H22N4O3/c1-2-17(12-22-5-1)19-11-18(28-23-19)14-25-8-6-24(7-9-25)13-16-3-4-20-21(10-16)27-15-26-20/h1-5,10-12H,6-9,13-15H2. The molecule has 7 heteroatoms. The number of rotatable bonds is 5. The fourth-order valence-electron chi connectivity index (χ4n) is 3.66. The molecule has 0 saturated carbocycles. The largest absolute Gasteiger partial charge is 0.454 e. The molecule has 2 aliphatic rings. The van der Waals surface area contributed by atoms with Crippen molar-refractivity contribution in [1.82, 2.24) is 19.9 Å². The Balaban J connectivity index is 1.14. The maximum Gasteiger partial charge on any atom is 0.231 e. The predicted octanol–water partition coefficient (Wildman–Crippen LogP) is 2.78. The monoisotopic (exact) mass is 378 g/mol. The molecule has 0 radical (unpaired) electrons. The van der Waals surface area contributed by atoms with Gasteiger partial charge in [0.2, 0.25) is 6.79 Å². The van der Waals surface area contributed by atoms with Crippen LogP contribution in [0.15, 0.2) is 53.3 Å². The van der Waals surface area contributed by atoms with Gasteiger partial charge in [0, 0.05) is 56.7 Å². The van der Waals surface area contributed by atoms with Gasteiger partial charge in [-0.1, -0.05) is 11.2 Å². The molecule has 5 rings (SSSR count). The first-order chi connectivity index (χ1) is 13.8. The van der Waals surface area contributed by atoms with Crippen molar-refractivity contribution in [2.75, 3.05) is 33.0 Å². The molecule has 1 aromatic carbocycles. The van der Waals surface area contributed by atoms with E-state index in [2.05, 4.69) is 32.1 Å². The van der Waals surface area contributed by atoms with Crippen LogP contribution in [-0.4, -0.2) is 52.9 Å². The van der Waals surface area contributed by atoms with Crippen molar-refractivity contribution in [1.29, 1.82) is 0 Å². The van der Waals surface area contributed by atoms with E-state index in [4.69, 9.17) is 14.0 Å². The third-order valence-corrected chi connectivity index (χ3v) is 5.20. The minimum absolute atomic E-state index is 0.321. The van der Waals surface area contributed by atoms with E-state index in [0.29, 0.717) is 6.79 Å². The van der Waals surface area contributed by atoms with Gasteiger partial charge >= 0.3 is 0 Å². The third kappa shape index (κ3) is 3.72. The SMILES string of the molecule is c1cncc(-c2cc(CN3CCN(Cc4ccc5c(c4)OCO5)CC3)on2)c1. The lowest BCUT2D eigenvalue weighted by atomic mass is 10.1. The van der Waals surface area contributed by atoms with Crippen molar-refractivity contribution in [2.24, 2.45) is 0 Å². The zero-order chi connectivity index (χ0) is 18.8. The number of nitrogens with zero attached hydrogens (tertiary/aromatic N) is 4. The molecular weight excluding hydrogens is 356 g/mol. The highest BCUT2D eigenvalue weighted by atomic mass is 16.7. The topological polar surface area (TPSA) is 63.9 Å². The van der Waals surface area contributed by atoms with Crippen LogP contribution in [0.2, 0.25) is 0 Å². The number of piperazine rings is 1. The molecule has 0 amide bonds. The summed E-state index contributed by atoms with van der Waals surface area (Å²) in [4.78, 5) is 9.01. The zero-order valence-electron chi connectivity index (χ0n) is 15.6. The molecule has 0 aliphatic carbocycles. The smallest absolute Gasteiger partial charge is 0.231 e. The van der Waals surface area contributed by atoms with Gasteiger partial charge in [-0.05, 0) is 29.8 Å². The van der Waals surface area contributed by atoms with E-state index in [0.717, 1.165) is 67.8 Å². The van der Waals surface area contributed by atoms with Crippen molar-refractivity contribution < 1.29 is 14.0 Å². The quantitative estimate of drug-likeness (QED) is 0.676. The van der Waals surface area contributed by atoms with Crippen LogP contribution in [0.5, 0.6) is 11.5 Å². The number of ether oxygens (including phenoxy) is 2. The van der Waals surface area contributed by atoms with E-state index in [1.807, 2.05) is 24.3 Å². The lowest BCUT2D eigenvalue weighted by Crippen LogP contribution is -2.45. The maximum atomic E-state index is 5.53. The zero-order valence-corrected chi connectivity index (χ0v) is 15.6. The Morgan fingerprint density at radius 2 is 1.71 bits per heavy atom. The fraction of sp³-hybridized carbons (Fsp3) is 0.333. The third-order valence-electron chi connectivity index (χ3n) is 5.20. The second-order valence-electron chi connectivity index (χ2n) is 7.16. The van der Waals surface area contributed by atoms with Crippen LogP contribution in [0.3, 0.4) is 0 Å². The van der Waals surface area contributed by atoms with E-state index in [9.17, 15) is 0 Å². The summed E-state index contributed by atoms with van der Waals surface area (Å²) >= 11 is 0. The Hall–Kier alpha value is -2.90. The number of fused-ring (bicyclic) bond motifs is 1. The van der Waals surface area contributed by atoms with Crippen LogP contribution in [0.25, 0.3) is 11.3 Å². The lowest BCUT2D eigenvalue weighted by Gasteiger charge is -2.34. The Morgan fingerprint density at radius 1 is 0.893 bits per heavy atom. The first-order valence-corrected chi connectivity index (χ1v) is 9.53. The van der Waals surface area contributed by atoms with Crippen LogP contribution >= 0.6 is 0 Å². The molecule has 28 heavy (non-hydrogen) atoms. The Bertz CT molecular complexity index is 936. The Morgan fingerprint density at radius 3 is 2.54 bits per heavy atom. The van der Waals surface area contributed by atoms with Crippen LogP contribution in [0, 0.1) is 0 Å². The molecule has 2 aromatic heterocycles. The van der Waals surface area contributed by atoms with Crippen molar-refractivity contribution in [3.05, 3.63) is 60.1 Å². The second kappa shape index (κ2) is 7.61. The van der Waals surface area contributed by atoms with E-state index in [1.54, 1.807) is 12.4 Å². The Labute approximate surface area is 163 Å². The molecule has 4 heterocycles. The van der Waals surface area contributed by atoms with Gasteiger partial charge in [-0.3, -0.25) is 14.8 Å². The van der Waals surface area contributed by atoms with E-state index in [1.165, 1.54) is 5.56 Å². The number of aromatic nitrogens is 2. The summed E-state index contributed by atoms with van der Waals surface area (Å²) in [6.45, 7) is 6.10. The molecule has 0 bridgehead atoms. The van der Waals surface area contributed by atoms with Gasteiger partial charge in [-0.15, -0.1) is 0 Å². The van der Waals surface area contributed by atoms with Gasteiger partial charge in [-0.25, -0.2) is 0 Å². The summed E-state index contributed by atoms with van der Waals surface area (Å²) in [7, 11) is 0. The fourth-order valence-corrected chi connectivity index (χ4v) is 3.66. The molecule has 1 fully saturated rings. The van der Waals surface area contributed by atoms with Gasteiger partial charge in [0.05, 0.1) is 6.54 Å². The average Bonchev–Trinajstić information content (AvgIpc) is 3.39. The van der Waals surface area contributed by atoms with Crippen LogP contribution in [0.1, 0.15) is 11.3 Å². The number of hydrogen-bond acceptors (Lipinski definition) is 7. The van der Waals surface area contributed by atoms with E-state index >= 15 is 0 Å². The maximum absolute atomic E-state index is 5.53. The van der Waals surface area contributed by atoms with Crippen molar-refractivity contribution in [3.8, 4) is 22.8 Å². The molecule has 0 atom stereocenters. The van der Waals surface area contributed by atoms with Gasteiger partial charge in [0.15, 0.2) is 17.3 Å². The molecule has 0 unspecified atom stereocenters. The summed E-state index contributed by atoms with van der Waals surface area (Å²) in [5.74, 6) is 2.58. The molecule has 1 saturated heterocycles. The molecular formula is C21H22N4O3. The van der Waals surface area contributed by atoms with Gasteiger partial charge in [0.25, 0.3) is 0 Å². The predicted molar refractivity (Wildman–Crippen MR) is 103 cm³/mol. The summed E-state index contributed by atoms with van der Waals surface area (Å²) in [6, 6.07) is 12.1. The van der Waals surface area contributed by atoms with E-state index < -0.39 is 0 Å². The van der Waals surface area contributed by atoms with Gasteiger partial charge in [-0.2, -0.15) is 0 Å². The van der Waals surface area contributed by atoms with Crippen molar-refractivity contribution in [3.63, 3.8) is 0 Å². The normalized spacial score (nSPS) is 17.1. The summed E-state index contributed by atoms with van der Waals surface area (Å²) in [5, 5.41) is 4.18. The minimum atomic E-state index is 0.321. The average molecular weight is 378 g/mol. The number of hydrogen-bond donors (Lipinski definition) is 0. The van der Waals surface area contributed by atoms with E-state index in [-0.39, 0.29) is 0 Å². The molecule has 2 aliphatic heterocycles. The molecule has 7 nitrogen and oxygen atoms in total. The van der Waals surface area contributed by atoms with Crippen LogP contribution in [-0.2, 0) is 13.1 Å². The summed E-state index contributed by atoms with van der Waals surface area (Å²) in [5.41, 5.74) is 3.07. The van der Waals surface area contributed by atoms with Gasteiger partial charge in [0.1, 0.15) is 5.69 Å². The first kappa shape index (κ1) is 17.2. The van der Waals surface area contributed by atoms with Crippen LogP contribution in [0.4, 0.5) is 0 Å². The molecule has 144 valence electrons. The molecule has 0 N–H and O–H groups in total.